The molecule has 3 aromatic rings. The number of carbonyl (C=O) groups excluding carboxylic acids is 1. The third kappa shape index (κ3) is 3.38. The van der Waals surface area contributed by atoms with Crippen molar-refractivity contribution >= 4 is 11.6 Å². The number of anilines is 1. The number of rotatable bonds is 4. The molecule has 0 radical (unpaired) electrons. The average Bonchev–Trinajstić information content (AvgIpc) is 3.26. The Morgan fingerprint density at radius 2 is 2.07 bits per heavy atom. The SMILES string of the molecule is Cc1ccc2c(c1)C[C@@H](C(=O)NCc1noc(-c3c(F)cccc3F)n1)N2. The molecule has 138 valence electrons. The fourth-order valence-electron chi connectivity index (χ4n) is 3.07. The van der Waals surface area contributed by atoms with Crippen LogP contribution in [0.3, 0.4) is 0 Å². The number of hydrogen-bond acceptors (Lipinski definition) is 5. The number of nitrogens with zero attached hydrogens (tertiary/aromatic N) is 2. The summed E-state index contributed by atoms with van der Waals surface area (Å²) >= 11 is 0. The molecule has 2 aromatic carbocycles. The molecule has 0 fully saturated rings. The first-order valence-corrected chi connectivity index (χ1v) is 8.42. The van der Waals surface area contributed by atoms with Crippen molar-refractivity contribution in [2.24, 2.45) is 0 Å². The largest absolute Gasteiger partial charge is 0.373 e. The molecule has 1 aliphatic heterocycles. The highest BCUT2D eigenvalue weighted by molar-refractivity contribution is 5.87. The van der Waals surface area contributed by atoms with Crippen LogP contribution in [0.15, 0.2) is 40.9 Å². The number of halogens is 2. The Hall–Kier alpha value is -3.29. The van der Waals surface area contributed by atoms with Crippen LogP contribution in [-0.4, -0.2) is 22.1 Å². The van der Waals surface area contributed by atoms with Crippen LogP contribution in [-0.2, 0) is 17.8 Å². The number of aryl methyl sites for hydroxylation is 1. The van der Waals surface area contributed by atoms with E-state index in [1.807, 2.05) is 25.1 Å². The van der Waals surface area contributed by atoms with Gasteiger partial charge in [0.05, 0.1) is 6.54 Å². The van der Waals surface area contributed by atoms with E-state index in [2.05, 4.69) is 20.8 Å². The quantitative estimate of drug-likeness (QED) is 0.738. The van der Waals surface area contributed by atoms with Crippen molar-refractivity contribution in [2.75, 3.05) is 5.32 Å². The maximum atomic E-state index is 13.8. The number of amides is 1. The predicted molar refractivity (Wildman–Crippen MR) is 93.8 cm³/mol. The summed E-state index contributed by atoms with van der Waals surface area (Å²) in [6.45, 7) is 1.99. The molecule has 1 amide bonds. The lowest BCUT2D eigenvalue weighted by atomic mass is 10.1. The van der Waals surface area contributed by atoms with Gasteiger partial charge in [-0.15, -0.1) is 0 Å². The third-order valence-corrected chi connectivity index (χ3v) is 4.40. The molecule has 0 saturated heterocycles. The zero-order valence-electron chi connectivity index (χ0n) is 14.4. The third-order valence-electron chi connectivity index (χ3n) is 4.40. The number of carbonyl (C=O) groups is 1. The maximum Gasteiger partial charge on any atom is 0.263 e. The van der Waals surface area contributed by atoms with Gasteiger partial charge >= 0.3 is 0 Å². The van der Waals surface area contributed by atoms with Crippen molar-refractivity contribution in [3.8, 4) is 11.5 Å². The zero-order valence-corrected chi connectivity index (χ0v) is 14.4. The van der Waals surface area contributed by atoms with Gasteiger partial charge in [0.2, 0.25) is 5.91 Å². The highest BCUT2D eigenvalue weighted by Crippen LogP contribution is 2.27. The molecule has 2 heterocycles. The van der Waals surface area contributed by atoms with Crippen LogP contribution in [0.5, 0.6) is 0 Å². The summed E-state index contributed by atoms with van der Waals surface area (Å²) in [4.78, 5) is 16.3. The number of hydrogen-bond donors (Lipinski definition) is 2. The van der Waals surface area contributed by atoms with E-state index in [1.54, 1.807) is 0 Å². The van der Waals surface area contributed by atoms with Crippen LogP contribution in [0.1, 0.15) is 17.0 Å². The second-order valence-corrected chi connectivity index (χ2v) is 6.39. The van der Waals surface area contributed by atoms with E-state index in [1.165, 1.54) is 6.07 Å². The van der Waals surface area contributed by atoms with Gasteiger partial charge < -0.3 is 15.2 Å². The van der Waals surface area contributed by atoms with Gasteiger partial charge in [-0.1, -0.05) is 28.9 Å². The molecular formula is C19H16F2N4O2. The second-order valence-electron chi connectivity index (χ2n) is 6.39. The molecule has 0 saturated carbocycles. The molecular weight excluding hydrogens is 354 g/mol. The fraction of sp³-hybridized carbons (Fsp3) is 0.211. The van der Waals surface area contributed by atoms with Crippen molar-refractivity contribution in [2.45, 2.75) is 25.9 Å². The predicted octanol–water partition coefficient (Wildman–Crippen LogP) is 2.98. The first-order valence-electron chi connectivity index (χ1n) is 8.42. The van der Waals surface area contributed by atoms with E-state index in [4.69, 9.17) is 4.52 Å². The highest BCUT2D eigenvalue weighted by Gasteiger charge is 2.27. The molecule has 0 unspecified atom stereocenters. The van der Waals surface area contributed by atoms with Crippen molar-refractivity contribution in [1.82, 2.24) is 15.5 Å². The zero-order chi connectivity index (χ0) is 19.0. The first-order chi connectivity index (χ1) is 13.0. The summed E-state index contributed by atoms with van der Waals surface area (Å²) in [6, 6.07) is 9.05. The van der Waals surface area contributed by atoms with Gasteiger partial charge in [-0.3, -0.25) is 4.79 Å². The monoisotopic (exact) mass is 370 g/mol. The number of benzene rings is 2. The standard InChI is InChI=1S/C19H16F2N4O2/c1-10-5-6-14-11(7-10)8-15(23-14)18(26)22-9-16-24-19(27-25-16)17-12(20)3-2-4-13(17)21/h2-7,15,23H,8-9H2,1H3,(H,22,26)/t15-/m0/s1. The Morgan fingerprint density at radius 1 is 1.30 bits per heavy atom. The summed E-state index contributed by atoms with van der Waals surface area (Å²) in [7, 11) is 0. The number of nitrogens with one attached hydrogen (secondary N) is 2. The average molecular weight is 370 g/mol. The Morgan fingerprint density at radius 3 is 2.85 bits per heavy atom. The first kappa shape index (κ1) is 17.1. The minimum Gasteiger partial charge on any atom is -0.373 e. The molecule has 6 nitrogen and oxygen atoms in total. The summed E-state index contributed by atoms with van der Waals surface area (Å²) < 4.78 is 32.5. The normalized spacial score (nSPS) is 15.3. The topological polar surface area (TPSA) is 80.1 Å². The van der Waals surface area contributed by atoms with Gasteiger partial charge in [-0.05, 0) is 30.7 Å². The maximum absolute atomic E-state index is 13.8. The van der Waals surface area contributed by atoms with E-state index < -0.39 is 17.7 Å². The van der Waals surface area contributed by atoms with E-state index in [-0.39, 0.29) is 29.7 Å². The second kappa shape index (κ2) is 6.79. The van der Waals surface area contributed by atoms with E-state index >= 15 is 0 Å². The van der Waals surface area contributed by atoms with Gasteiger partial charge in [-0.25, -0.2) is 8.78 Å². The number of fused-ring (bicyclic) bond motifs is 1. The molecule has 27 heavy (non-hydrogen) atoms. The summed E-state index contributed by atoms with van der Waals surface area (Å²) in [5.41, 5.74) is 2.78. The van der Waals surface area contributed by atoms with Crippen LogP contribution in [0.4, 0.5) is 14.5 Å². The minimum atomic E-state index is -0.794. The number of aromatic nitrogens is 2. The molecule has 0 bridgehead atoms. The van der Waals surface area contributed by atoms with Gasteiger partial charge in [0.15, 0.2) is 5.82 Å². The van der Waals surface area contributed by atoms with Crippen molar-refractivity contribution in [1.29, 1.82) is 0 Å². The van der Waals surface area contributed by atoms with Gasteiger partial charge in [0.1, 0.15) is 23.2 Å². The lowest BCUT2D eigenvalue weighted by molar-refractivity contribution is -0.121. The molecule has 0 spiro atoms. The van der Waals surface area contributed by atoms with Crippen LogP contribution >= 0.6 is 0 Å². The van der Waals surface area contributed by atoms with Crippen molar-refractivity contribution < 1.29 is 18.1 Å². The van der Waals surface area contributed by atoms with Crippen molar-refractivity contribution in [3.63, 3.8) is 0 Å². The minimum absolute atomic E-state index is 0.00798. The van der Waals surface area contributed by atoms with Crippen LogP contribution in [0, 0.1) is 18.6 Å². The Labute approximate surface area is 153 Å². The van der Waals surface area contributed by atoms with Crippen molar-refractivity contribution in [3.05, 3.63) is 65.0 Å². The summed E-state index contributed by atoms with van der Waals surface area (Å²) in [5, 5.41) is 9.55. The van der Waals surface area contributed by atoms with Gasteiger partial charge in [-0.2, -0.15) is 4.98 Å². The summed E-state index contributed by atoms with van der Waals surface area (Å²) in [5.74, 6) is -1.94. The molecule has 0 aliphatic carbocycles. The van der Waals surface area contributed by atoms with Crippen LogP contribution in [0.2, 0.25) is 0 Å². The van der Waals surface area contributed by atoms with E-state index in [0.717, 1.165) is 28.9 Å². The highest BCUT2D eigenvalue weighted by atomic mass is 19.1. The molecule has 4 rings (SSSR count). The molecule has 8 heteroatoms. The van der Waals surface area contributed by atoms with E-state index in [9.17, 15) is 13.6 Å². The smallest absolute Gasteiger partial charge is 0.263 e. The Bertz CT molecular complexity index is 998. The lowest BCUT2D eigenvalue weighted by Crippen LogP contribution is -2.38. The summed E-state index contributed by atoms with van der Waals surface area (Å²) in [6.07, 6.45) is 0.584. The Kier molecular flexibility index (Phi) is 4.31. The molecule has 1 atom stereocenters. The molecule has 1 aliphatic rings. The Balaban J connectivity index is 1.40. The molecule has 2 N–H and O–H groups in total. The lowest BCUT2D eigenvalue weighted by Gasteiger charge is -2.10. The fourth-order valence-corrected chi connectivity index (χ4v) is 3.07. The van der Waals surface area contributed by atoms with E-state index in [0.29, 0.717) is 6.42 Å². The van der Waals surface area contributed by atoms with Gasteiger partial charge in [0.25, 0.3) is 5.89 Å². The molecule has 1 aromatic heterocycles. The van der Waals surface area contributed by atoms with Crippen LogP contribution < -0.4 is 10.6 Å². The van der Waals surface area contributed by atoms with Gasteiger partial charge in [0, 0.05) is 12.1 Å². The van der Waals surface area contributed by atoms with Crippen LogP contribution in [0.25, 0.3) is 11.5 Å².